The van der Waals surface area contributed by atoms with Crippen LogP contribution in [0.4, 0.5) is 5.13 Å². The molecule has 0 aliphatic carbocycles. The first-order chi connectivity index (χ1) is 12.6. The molecule has 2 aromatic heterocycles. The maximum Gasteiger partial charge on any atom is 0.420 e. The molecule has 0 fully saturated rings. The lowest BCUT2D eigenvalue weighted by Gasteiger charge is -2.02. The lowest BCUT2D eigenvalue weighted by Crippen LogP contribution is -2.24. The third kappa shape index (κ3) is 3.04. The fourth-order valence-electron chi connectivity index (χ4n) is 2.77. The van der Waals surface area contributed by atoms with Crippen molar-refractivity contribution in [3.8, 4) is 10.4 Å². The number of hydrogen-bond acceptors (Lipinski definition) is 5. The van der Waals surface area contributed by atoms with E-state index in [-0.39, 0.29) is 12.5 Å². The molecule has 0 bridgehead atoms. The van der Waals surface area contributed by atoms with Gasteiger partial charge in [-0.1, -0.05) is 53.8 Å². The fraction of sp³-hybridized carbons (Fsp3) is 0.105. The van der Waals surface area contributed by atoms with Gasteiger partial charge < -0.3 is 9.73 Å². The van der Waals surface area contributed by atoms with Crippen LogP contribution in [0.15, 0.2) is 63.8 Å². The van der Waals surface area contributed by atoms with E-state index < -0.39 is 5.76 Å². The number of anilines is 1. The predicted octanol–water partition coefficient (Wildman–Crippen LogP) is 3.67. The molecule has 0 radical (unpaired) electrons. The first-order valence-electron chi connectivity index (χ1n) is 8.03. The average Bonchev–Trinajstić information content (AvgIpc) is 3.15. The Labute approximate surface area is 152 Å². The number of aryl methyl sites for hydroxylation is 1. The fourth-order valence-corrected chi connectivity index (χ4v) is 3.76. The molecule has 2 heterocycles. The normalized spacial score (nSPS) is 11.0. The van der Waals surface area contributed by atoms with Crippen LogP contribution in [0.25, 0.3) is 21.5 Å². The molecule has 2 aromatic carbocycles. The van der Waals surface area contributed by atoms with Crippen molar-refractivity contribution in [2.24, 2.45) is 0 Å². The zero-order valence-electron chi connectivity index (χ0n) is 13.9. The zero-order chi connectivity index (χ0) is 18.1. The number of nitrogens with zero attached hydrogens (tertiary/aromatic N) is 2. The van der Waals surface area contributed by atoms with Gasteiger partial charge in [0.25, 0.3) is 0 Å². The number of aromatic nitrogens is 2. The van der Waals surface area contributed by atoms with Crippen molar-refractivity contribution in [2.75, 3.05) is 5.32 Å². The number of thiazole rings is 1. The molecule has 0 unspecified atom stereocenters. The molecule has 0 saturated carbocycles. The number of nitrogens with one attached hydrogen (secondary N) is 1. The summed E-state index contributed by atoms with van der Waals surface area (Å²) in [7, 11) is 0. The molecule has 4 aromatic rings. The van der Waals surface area contributed by atoms with Gasteiger partial charge in [-0.3, -0.25) is 9.36 Å². The van der Waals surface area contributed by atoms with E-state index in [0.29, 0.717) is 16.2 Å². The van der Waals surface area contributed by atoms with Gasteiger partial charge in [0.2, 0.25) is 5.91 Å². The van der Waals surface area contributed by atoms with Crippen LogP contribution in [-0.2, 0) is 11.3 Å². The molecule has 7 heteroatoms. The van der Waals surface area contributed by atoms with Gasteiger partial charge in [-0.25, -0.2) is 9.78 Å². The van der Waals surface area contributed by atoms with Crippen LogP contribution in [0.3, 0.4) is 0 Å². The number of amides is 1. The van der Waals surface area contributed by atoms with Crippen molar-refractivity contribution in [3.05, 3.63) is 70.8 Å². The largest absolute Gasteiger partial charge is 0.420 e. The van der Waals surface area contributed by atoms with Crippen molar-refractivity contribution in [2.45, 2.75) is 13.5 Å². The number of hydrogen-bond donors (Lipinski definition) is 1. The monoisotopic (exact) mass is 365 g/mol. The van der Waals surface area contributed by atoms with Crippen LogP contribution in [0, 0.1) is 6.92 Å². The van der Waals surface area contributed by atoms with Crippen LogP contribution in [0.2, 0.25) is 0 Å². The summed E-state index contributed by atoms with van der Waals surface area (Å²) in [4.78, 5) is 29.8. The molecular weight excluding hydrogens is 350 g/mol. The average molecular weight is 365 g/mol. The van der Waals surface area contributed by atoms with Crippen LogP contribution in [0.1, 0.15) is 5.69 Å². The minimum Gasteiger partial charge on any atom is -0.408 e. The Hall–Kier alpha value is -3.19. The quantitative estimate of drug-likeness (QED) is 0.599. The highest BCUT2D eigenvalue weighted by Gasteiger charge is 2.15. The van der Waals surface area contributed by atoms with Gasteiger partial charge in [0, 0.05) is 0 Å². The summed E-state index contributed by atoms with van der Waals surface area (Å²) in [5.41, 5.74) is 2.96. The minimum absolute atomic E-state index is 0.130. The molecule has 1 N–H and O–H groups in total. The van der Waals surface area contributed by atoms with Gasteiger partial charge in [-0.2, -0.15) is 0 Å². The van der Waals surface area contributed by atoms with Crippen LogP contribution >= 0.6 is 11.3 Å². The number of fused-ring (bicyclic) bond motifs is 1. The molecular formula is C19H15N3O3S. The number of carbonyl (C=O) groups is 1. The molecule has 130 valence electrons. The zero-order valence-corrected chi connectivity index (χ0v) is 14.7. The summed E-state index contributed by atoms with van der Waals surface area (Å²) in [6.45, 7) is 1.78. The molecule has 1 amide bonds. The minimum atomic E-state index is -0.554. The lowest BCUT2D eigenvalue weighted by molar-refractivity contribution is -0.116. The maximum atomic E-state index is 12.4. The molecule has 0 spiro atoms. The standard InChI is InChI=1S/C19H15N3O3S/c1-12-17(13-7-3-2-4-8-13)26-18(20-12)21-16(23)11-22-14-9-5-6-10-15(14)25-19(22)24/h2-10H,11H2,1H3,(H,20,21,23). The predicted molar refractivity (Wildman–Crippen MR) is 101 cm³/mol. The van der Waals surface area contributed by atoms with E-state index in [1.165, 1.54) is 15.9 Å². The van der Waals surface area contributed by atoms with Crippen molar-refractivity contribution in [3.63, 3.8) is 0 Å². The summed E-state index contributed by atoms with van der Waals surface area (Å²) in [6, 6.07) is 16.9. The first kappa shape index (κ1) is 16.3. The number of carbonyl (C=O) groups excluding carboxylic acids is 1. The first-order valence-corrected chi connectivity index (χ1v) is 8.84. The second-order valence-electron chi connectivity index (χ2n) is 5.77. The topological polar surface area (TPSA) is 77.1 Å². The van der Waals surface area contributed by atoms with Gasteiger partial charge >= 0.3 is 5.76 Å². The van der Waals surface area contributed by atoms with Crippen LogP contribution in [-0.4, -0.2) is 15.5 Å². The van der Waals surface area contributed by atoms with Crippen molar-refractivity contribution < 1.29 is 9.21 Å². The SMILES string of the molecule is Cc1nc(NC(=O)Cn2c(=O)oc3ccccc32)sc1-c1ccccc1. The highest BCUT2D eigenvalue weighted by atomic mass is 32.1. The van der Waals surface area contributed by atoms with Crippen LogP contribution < -0.4 is 11.1 Å². The molecule has 0 aliphatic rings. The summed E-state index contributed by atoms with van der Waals surface area (Å²) in [5.74, 6) is -0.881. The van der Waals surface area contributed by atoms with Crippen molar-refractivity contribution in [1.29, 1.82) is 0 Å². The summed E-state index contributed by atoms with van der Waals surface area (Å²) < 4.78 is 6.45. The number of rotatable bonds is 4. The van der Waals surface area contributed by atoms with Gasteiger partial charge in [0.15, 0.2) is 10.7 Å². The van der Waals surface area contributed by atoms with Crippen molar-refractivity contribution >= 4 is 33.5 Å². The molecule has 0 atom stereocenters. The van der Waals surface area contributed by atoms with Gasteiger partial charge in [0.1, 0.15) is 6.54 Å². The Morgan fingerprint density at radius 1 is 1.15 bits per heavy atom. The Balaban J connectivity index is 1.55. The van der Waals surface area contributed by atoms with Crippen LogP contribution in [0.5, 0.6) is 0 Å². The van der Waals surface area contributed by atoms with E-state index in [1.807, 2.05) is 37.3 Å². The third-order valence-corrected chi connectivity index (χ3v) is 5.08. The lowest BCUT2D eigenvalue weighted by atomic mass is 10.2. The Morgan fingerprint density at radius 3 is 2.69 bits per heavy atom. The second-order valence-corrected chi connectivity index (χ2v) is 6.77. The van der Waals surface area contributed by atoms with Gasteiger partial charge in [-0.15, -0.1) is 0 Å². The molecule has 0 saturated heterocycles. The number of benzene rings is 2. The summed E-state index contributed by atoms with van der Waals surface area (Å²) >= 11 is 1.41. The summed E-state index contributed by atoms with van der Waals surface area (Å²) in [6.07, 6.45) is 0. The molecule has 26 heavy (non-hydrogen) atoms. The Bertz CT molecular complexity index is 1140. The van der Waals surface area contributed by atoms with E-state index in [9.17, 15) is 9.59 Å². The van der Waals surface area contributed by atoms with E-state index in [2.05, 4.69) is 10.3 Å². The van der Waals surface area contributed by atoms with Crippen molar-refractivity contribution in [1.82, 2.24) is 9.55 Å². The van der Waals surface area contributed by atoms with E-state index in [0.717, 1.165) is 16.1 Å². The number of oxazole rings is 1. The smallest absolute Gasteiger partial charge is 0.408 e. The van der Waals surface area contributed by atoms with Gasteiger partial charge in [-0.05, 0) is 24.6 Å². The highest BCUT2D eigenvalue weighted by Crippen LogP contribution is 2.32. The Morgan fingerprint density at radius 2 is 1.88 bits per heavy atom. The van der Waals surface area contributed by atoms with E-state index in [1.54, 1.807) is 24.3 Å². The highest BCUT2D eigenvalue weighted by molar-refractivity contribution is 7.19. The maximum absolute atomic E-state index is 12.4. The Kier molecular flexibility index (Phi) is 4.14. The molecule has 4 rings (SSSR count). The third-order valence-electron chi connectivity index (χ3n) is 3.95. The molecule has 0 aliphatic heterocycles. The number of para-hydroxylation sites is 2. The molecule has 6 nitrogen and oxygen atoms in total. The van der Waals surface area contributed by atoms with E-state index in [4.69, 9.17) is 4.42 Å². The second kappa shape index (κ2) is 6.61. The van der Waals surface area contributed by atoms with E-state index >= 15 is 0 Å². The van der Waals surface area contributed by atoms with Gasteiger partial charge in [0.05, 0.1) is 16.1 Å². The summed E-state index contributed by atoms with van der Waals surface area (Å²) in [5, 5.41) is 3.28.